The van der Waals surface area contributed by atoms with Crippen LogP contribution in [-0.2, 0) is 14.3 Å². The van der Waals surface area contributed by atoms with Gasteiger partial charge < -0.3 is 15.4 Å². The largest absolute Gasteiger partial charge is 0.463 e. The molecule has 0 aliphatic carbocycles. The maximum Gasteiger partial charge on any atom is 0.338 e. The van der Waals surface area contributed by atoms with E-state index in [4.69, 9.17) is 4.74 Å². The Kier molecular flexibility index (Phi) is 9.06. The average molecular weight is 478 g/mol. The van der Waals surface area contributed by atoms with Gasteiger partial charge in [0.2, 0.25) is 5.91 Å². The topological polar surface area (TPSA) is 87.7 Å². The van der Waals surface area contributed by atoms with E-state index in [-0.39, 0.29) is 24.5 Å². The number of nitrogens with one attached hydrogen (secondary N) is 2. The van der Waals surface area contributed by atoms with Crippen LogP contribution in [0.15, 0.2) is 60.2 Å². The van der Waals surface area contributed by atoms with E-state index in [2.05, 4.69) is 17.6 Å². The molecule has 1 atom stereocenters. The highest BCUT2D eigenvalue weighted by Crippen LogP contribution is 2.37. The molecule has 7 nitrogen and oxygen atoms in total. The summed E-state index contributed by atoms with van der Waals surface area (Å²) in [6.07, 6.45) is 2.10. The van der Waals surface area contributed by atoms with E-state index >= 15 is 0 Å². The number of esters is 1. The molecular weight excluding hydrogens is 442 g/mol. The van der Waals surface area contributed by atoms with Crippen molar-refractivity contribution in [1.29, 1.82) is 0 Å². The number of rotatable bonds is 10. The predicted molar refractivity (Wildman–Crippen MR) is 137 cm³/mol. The molecule has 35 heavy (non-hydrogen) atoms. The molecule has 2 aromatic carbocycles. The number of carbonyl (C=O) groups is 3. The van der Waals surface area contributed by atoms with Crippen LogP contribution in [0.4, 0.5) is 10.5 Å². The van der Waals surface area contributed by atoms with E-state index in [0.717, 1.165) is 18.4 Å². The lowest BCUT2D eigenvalue weighted by atomic mass is 9.91. The van der Waals surface area contributed by atoms with Gasteiger partial charge in [0.25, 0.3) is 0 Å². The van der Waals surface area contributed by atoms with Crippen LogP contribution in [0.3, 0.4) is 0 Å². The maximum atomic E-state index is 13.3. The van der Waals surface area contributed by atoms with Gasteiger partial charge in [-0.25, -0.2) is 9.59 Å². The first kappa shape index (κ1) is 26.0. The third-order valence-electron chi connectivity index (χ3n) is 5.70. The first-order valence-electron chi connectivity index (χ1n) is 12.3. The molecule has 2 aromatic rings. The van der Waals surface area contributed by atoms with Gasteiger partial charge in [0, 0.05) is 18.7 Å². The van der Waals surface area contributed by atoms with E-state index in [1.807, 2.05) is 50.2 Å². The first-order chi connectivity index (χ1) is 16.8. The lowest BCUT2D eigenvalue weighted by Gasteiger charge is -2.37. The highest BCUT2D eigenvalue weighted by molar-refractivity contribution is 6.04. The molecule has 0 saturated heterocycles. The Labute approximate surface area is 207 Å². The van der Waals surface area contributed by atoms with Crippen LogP contribution >= 0.6 is 0 Å². The van der Waals surface area contributed by atoms with Crippen molar-refractivity contribution in [2.75, 3.05) is 18.5 Å². The van der Waals surface area contributed by atoms with E-state index < -0.39 is 12.0 Å². The minimum atomic E-state index is -0.725. The van der Waals surface area contributed by atoms with Gasteiger partial charge in [-0.2, -0.15) is 0 Å². The van der Waals surface area contributed by atoms with Gasteiger partial charge in [0.1, 0.15) is 0 Å². The maximum absolute atomic E-state index is 13.3. The number of urea groups is 1. The van der Waals surface area contributed by atoms with Crippen molar-refractivity contribution in [3.63, 3.8) is 0 Å². The molecule has 0 fully saturated rings. The van der Waals surface area contributed by atoms with Crippen LogP contribution in [0.1, 0.15) is 64.1 Å². The van der Waals surface area contributed by atoms with Gasteiger partial charge in [-0.05, 0) is 42.5 Å². The molecule has 0 aromatic heterocycles. The Morgan fingerprint density at radius 3 is 2.49 bits per heavy atom. The normalized spacial score (nSPS) is 15.7. The van der Waals surface area contributed by atoms with Gasteiger partial charge in [-0.15, -0.1) is 0 Å². The molecule has 0 radical (unpaired) electrons. The van der Waals surface area contributed by atoms with Crippen molar-refractivity contribution >= 4 is 29.3 Å². The first-order valence-corrected chi connectivity index (χ1v) is 12.3. The number of anilines is 1. The van der Waals surface area contributed by atoms with Crippen LogP contribution < -0.4 is 10.6 Å². The summed E-state index contributed by atoms with van der Waals surface area (Å²) in [7, 11) is 0. The summed E-state index contributed by atoms with van der Waals surface area (Å²) >= 11 is 0. The van der Waals surface area contributed by atoms with Gasteiger partial charge in [0.05, 0.1) is 23.9 Å². The number of hydrogen-bond acceptors (Lipinski definition) is 4. The number of amides is 3. The minimum Gasteiger partial charge on any atom is -0.463 e. The van der Waals surface area contributed by atoms with Gasteiger partial charge in [0.15, 0.2) is 0 Å². The van der Waals surface area contributed by atoms with Gasteiger partial charge >= 0.3 is 12.0 Å². The van der Waals surface area contributed by atoms with Crippen molar-refractivity contribution in [3.05, 3.63) is 71.3 Å². The van der Waals surface area contributed by atoms with Crippen molar-refractivity contribution in [3.8, 4) is 0 Å². The standard InChI is InChI=1S/C28H35N3O4/c1-5-7-16-31-26(20-12-9-8-10-13-20)24(27(33)35-6-2)25(30-28(31)34)21-14-11-15-22(18-21)29-23(32)17-19(3)4/h8-15,18-19,25H,5-7,16-17H2,1-4H3,(H,29,32)(H,30,34). The zero-order valence-corrected chi connectivity index (χ0v) is 21.0. The zero-order chi connectivity index (χ0) is 25.4. The van der Waals surface area contributed by atoms with E-state index in [1.54, 1.807) is 30.0 Å². The second-order valence-corrected chi connectivity index (χ2v) is 9.01. The monoisotopic (exact) mass is 477 g/mol. The highest BCUT2D eigenvalue weighted by atomic mass is 16.5. The van der Waals surface area contributed by atoms with E-state index in [0.29, 0.717) is 35.5 Å². The molecule has 3 rings (SSSR count). The molecule has 0 saturated carbocycles. The van der Waals surface area contributed by atoms with Gasteiger partial charge in [-0.1, -0.05) is 69.7 Å². The quantitative estimate of drug-likeness (QED) is 0.442. The Morgan fingerprint density at radius 2 is 1.83 bits per heavy atom. The van der Waals surface area contributed by atoms with E-state index in [9.17, 15) is 14.4 Å². The van der Waals surface area contributed by atoms with Crippen molar-refractivity contribution < 1.29 is 19.1 Å². The number of unbranched alkanes of at least 4 members (excludes halogenated alkanes) is 1. The fourth-order valence-electron chi connectivity index (χ4n) is 4.15. The highest BCUT2D eigenvalue weighted by Gasteiger charge is 2.38. The number of hydrogen-bond donors (Lipinski definition) is 2. The predicted octanol–water partition coefficient (Wildman–Crippen LogP) is 5.51. The van der Waals surface area contributed by atoms with Crippen LogP contribution in [0.2, 0.25) is 0 Å². The molecule has 1 aliphatic rings. The molecular formula is C28H35N3O4. The number of benzene rings is 2. The summed E-state index contributed by atoms with van der Waals surface area (Å²) in [5, 5.41) is 5.93. The summed E-state index contributed by atoms with van der Waals surface area (Å²) < 4.78 is 5.47. The van der Waals surface area contributed by atoms with E-state index in [1.165, 1.54) is 0 Å². The van der Waals surface area contributed by atoms with Gasteiger partial charge in [-0.3, -0.25) is 9.69 Å². The lowest BCUT2D eigenvalue weighted by molar-refractivity contribution is -0.139. The Balaban J connectivity index is 2.13. The average Bonchev–Trinajstić information content (AvgIpc) is 2.83. The molecule has 1 unspecified atom stereocenters. The summed E-state index contributed by atoms with van der Waals surface area (Å²) in [6, 6.07) is 15.7. The molecule has 1 heterocycles. The number of nitrogens with zero attached hydrogens (tertiary/aromatic N) is 1. The van der Waals surface area contributed by atoms with Crippen LogP contribution in [0.25, 0.3) is 5.70 Å². The SMILES string of the molecule is CCCCN1C(=O)NC(c2cccc(NC(=O)CC(C)C)c2)C(C(=O)OCC)=C1c1ccccc1. The minimum absolute atomic E-state index is 0.0818. The lowest BCUT2D eigenvalue weighted by Crippen LogP contribution is -2.48. The number of carbonyl (C=O) groups excluding carboxylic acids is 3. The van der Waals surface area contributed by atoms with Crippen LogP contribution in [0.5, 0.6) is 0 Å². The Bertz CT molecular complexity index is 1080. The van der Waals surface area contributed by atoms with Crippen molar-refractivity contribution in [2.24, 2.45) is 5.92 Å². The van der Waals surface area contributed by atoms with Crippen LogP contribution in [0, 0.1) is 5.92 Å². The fourth-order valence-corrected chi connectivity index (χ4v) is 4.15. The molecule has 0 spiro atoms. The Hall–Kier alpha value is -3.61. The van der Waals surface area contributed by atoms with Crippen molar-refractivity contribution in [2.45, 2.75) is 53.0 Å². The summed E-state index contributed by atoms with van der Waals surface area (Å²) in [4.78, 5) is 40.6. The fraction of sp³-hybridized carbons (Fsp3) is 0.393. The molecule has 0 bridgehead atoms. The third-order valence-corrected chi connectivity index (χ3v) is 5.70. The summed E-state index contributed by atoms with van der Waals surface area (Å²) in [6.45, 7) is 8.48. The molecule has 3 amide bonds. The molecule has 1 aliphatic heterocycles. The molecule has 186 valence electrons. The Morgan fingerprint density at radius 1 is 1.09 bits per heavy atom. The zero-order valence-electron chi connectivity index (χ0n) is 21.0. The van der Waals surface area contributed by atoms with Crippen molar-refractivity contribution in [1.82, 2.24) is 10.2 Å². The number of ether oxygens (including phenoxy) is 1. The smallest absolute Gasteiger partial charge is 0.338 e. The summed E-state index contributed by atoms with van der Waals surface area (Å²) in [5.74, 6) is -0.328. The summed E-state index contributed by atoms with van der Waals surface area (Å²) in [5.41, 5.74) is 3.00. The van der Waals surface area contributed by atoms with Crippen LogP contribution in [-0.4, -0.2) is 36.0 Å². The third kappa shape index (κ3) is 6.50. The second kappa shape index (κ2) is 12.2. The molecule has 2 N–H and O–H groups in total. The second-order valence-electron chi connectivity index (χ2n) is 9.01. The molecule has 7 heteroatoms.